The average Bonchev–Trinajstić information content (AvgIpc) is 2.97. The monoisotopic (exact) mass is 667 g/mol. The van der Waals surface area contributed by atoms with Gasteiger partial charge in [-0.3, -0.25) is 14.4 Å². The van der Waals surface area contributed by atoms with Crippen molar-refractivity contribution in [3.05, 3.63) is 128 Å². The van der Waals surface area contributed by atoms with Crippen molar-refractivity contribution in [1.82, 2.24) is 5.32 Å². The van der Waals surface area contributed by atoms with Gasteiger partial charge in [0.15, 0.2) is 0 Å². The van der Waals surface area contributed by atoms with E-state index in [1.54, 1.807) is 60.7 Å². The summed E-state index contributed by atoms with van der Waals surface area (Å²) in [5.74, 6) is -1.13. The van der Waals surface area contributed by atoms with Crippen molar-refractivity contribution in [2.24, 2.45) is 0 Å². The molecule has 0 saturated heterocycles. The zero-order valence-electron chi connectivity index (χ0n) is 21.7. The Hall–Kier alpha value is -3.56. The summed E-state index contributed by atoms with van der Waals surface area (Å²) in [5.41, 5.74) is 2.07. The molecule has 4 rings (SSSR count). The number of halogens is 3. The van der Waals surface area contributed by atoms with Crippen LogP contribution in [0.1, 0.15) is 22.8 Å². The molecule has 0 aliphatic carbocycles. The highest BCUT2D eigenvalue weighted by Crippen LogP contribution is 2.28. The van der Waals surface area contributed by atoms with Crippen molar-refractivity contribution < 1.29 is 14.4 Å². The minimum absolute atomic E-state index is 0.0142. The van der Waals surface area contributed by atoms with Crippen LogP contribution in [0.15, 0.2) is 112 Å². The molecule has 41 heavy (non-hydrogen) atoms. The summed E-state index contributed by atoms with van der Waals surface area (Å²) in [6.07, 6.45) is 1.47. The maximum absolute atomic E-state index is 13.3. The molecule has 208 valence electrons. The minimum Gasteiger partial charge on any atom is -0.325 e. The Bertz CT molecular complexity index is 1580. The van der Waals surface area contributed by atoms with Crippen molar-refractivity contribution in [2.45, 2.75) is 17.1 Å². The first-order valence-electron chi connectivity index (χ1n) is 12.4. The molecule has 3 amide bonds. The maximum Gasteiger partial charge on any atom is 0.272 e. The van der Waals surface area contributed by atoms with E-state index in [4.69, 9.17) is 23.2 Å². The van der Waals surface area contributed by atoms with Gasteiger partial charge in [-0.2, -0.15) is 0 Å². The molecule has 0 saturated carbocycles. The van der Waals surface area contributed by atoms with Gasteiger partial charge in [0.25, 0.3) is 11.8 Å². The van der Waals surface area contributed by atoms with Gasteiger partial charge in [0.05, 0.1) is 15.3 Å². The van der Waals surface area contributed by atoms with Crippen molar-refractivity contribution in [3.63, 3.8) is 0 Å². The zero-order chi connectivity index (χ0) is 29.4. The highest BCUT2D eigenvalue weighted by molar-refractivity contribution is 9.10. The molecule has 6 nitrogen and oxygen atoms in total. The quantitative estimate of drug-likeness (QED) is 0.124. The van der Waals surface area contributed by atoms with Gasteiger partial charge >= 0.3 is 0 Å². The summed E-state index contributed by atoms with van der Waals surface area (Å²) >= 11 is 17.2. The summed E-state index contributed by atoms with van der Waals surface area (Å²) in [7, 11) is 0. The SMILES string of the molecule is CC(Sc1ccc(NC(=O)/C(=C/c2cccc(Cl)c2Cl)NC(=O)c2ccccc2)cc1)C(=O)Nc1ccc(Br)cc1. The van der Waals surface area contributed by atoms with Gasteiger partial charge in [-0.05, 0) is 85.3 Å². The Labute approximate surface area is 260 Å². The molecule has 0 aromatic heterocycles. The predicted molar refractivity (Wildman–Crippen MR) is 172 cm³/mol. The van der Waals surface area contributed by atoms with Crippen LogP contribution in [0.2, 0.25) is 10.0 Å². The molecule has 1 unspecified atom stereocenters. The van der Waals surface area contributed by atoms with E-state index in [0.29, 0.717) is 27.5 Å². The fraction of sp³-hybridized carbons (Fsp3) is 0.0645. The molecule has 4 aromatic rings. The Morgan fingerprint density at radius 1 is 0.805 bits per heavy atom. The van der Waals surface area contributed by atoms with E-state index >= 15 is 0 Å². The van der Waals surface area contributed by atoms with Crippen LogP contribution in [0.25, 0.3) is 6.08 Å². The minimum atomic E-state index is -0.548. The number of hydrogen-bond donors (Lipinski definition) is 3. The van der Waals surface area contributed by atoms with Crippen LogP contribution in [-0.2, 0) is 9.59 Å². The fourth-order valence-electron chi connectivity index (χ4n) is 3.58. The third-order valence-corrected chi connectivity index (χ3v) is 8.19. The van der Waals surface area contributed by atoms with Crippen LogP contribution in [-0.4, -0.2) is 23.0 Å². The molecule has 0 aliphatic heterocycles. The summed E-state index contributed by atoms with van der Waals surface area (Å²) in [4.78, 5) is 39.6. The van der Waals surface area contributed by atoms with Crippen molar-refractivity contribution in [1.29, 1.82) is 0 Å². The number of thioether (sulfide) groups is 1. The fourth-order valence-corrected chi connectivity index (χ4v) is 5.07. The molecule has 0 fully saturated rings. The number of benzene rings is 4. The van der Waals surface area contributed by atoms with Crippen LogP contribution in [0, 0.1) is 0 Å². The molecule has 0 radical (unpaired) electrons. The molecule has 0 heterocycles. The molecular weight excluding hydrogens is 645 g/mol. The largest absolute Gasteiger partial charge is 0.325 e. The molecule has 4 aromatic carbocycles. The Morgan fingerprint density at radius 3 is 2.12 bits per heavy atom. The van der Waals surface area contributed by atoms with Crippen LogP contribution < -0.4 is 16.0 Å². The first-order valence-corrected chi connectivity index (χ1v) is 14.8. The van der Waals surface area contributed by atoms with Gasteiger partial charge in [0.1, 0.15) is 5.70 Å². The van der Waals surface area contributed by atoms with Gasteiger partial charge in [-0.25, -0.2) is 0 Å². The van der Waals surface area contributed by atoms with Crippen LogP contribution in [0.5, 0.6) is 0 Å². The van der Waals surface area contributed by atoms with E-state index < -0.39 is 11.8 Å². The molecule has 10 heteroatoms. The van der Waals surface area contributed by atoms with Gasteiger partial charge < -0.3 is 16.0 Å². The second-order valence-corrected chi connectivity index (χ2v) is 11.9. The van der Waals surface area contributed by atoms with Crippen LogP contribution >= 0.6 is 50.9 Å². The summed E-state index contributed by atoms with van der Waals surface area (Å²) in [5, 5.41) is 8.60. The van der Waals surface area contributed by atoms with E-state index in [9.17, 15) is 14.4 Å². The molecule has 0 bridgehead atoms. The second-order valence-electron chi connectivity index (χ2n) is 8.76. The number of amides is 3. The van der Waals surface area contributed by atoms with Crippen LogP contribution in [0.3, 0.4) is 0 Å². The lowest BCUT2D eigenvalue weighted by Gasteiger charge is -2.14. The summed E-state index contributed by atoms with van der Waals surface area (Å²) < 4.78 is 0.930. The van der Waals surface area contributed by atoms with Crippen molar-refractivity contribution >= 4 is 86.1 Å². The lowest BCUT2D eigenvalue weighted by molar-refractivity contribution is -0.115. The first kappa shape index (κ1) is 30.4. The smallest absolute Gasteiger partial charge is 0.272 e. The van der Waals surface area contributed by atoms with Gasteiger partial charge in [-0.1, -0.05) is 69.5 Å². The number of hydrogen-bond acceptors (Lipinski definition) is 4. The Morgan fingerprint density at radius 2 is 1.44 bits per heavy atom. The number of anilines is 2. The molecule has 3 N–H and O–H groups in total. The average molecular weight is 669 g/mol. The van der Waals surface area contributed by atoms with E-state index in [0.717, 1.165) is 9.37 Å². The van der Waals surface area contributed by atoms with Crippen molar-refractivity contribution in [2.75, 3.05) is 10.6 Å². The van der Waals surface area contributed by atoms with E-state index in [1.807, 2.05) is 43.3 Å². The number of rotatable bonds is 9. The second kappa shape index (κ2) is 14.4. The molecule has 1 atom stereocenters. The zero-order valence-corrected chi connectivity index (χ0v) is 25.6. The molecular formula is C31H24BrCl2N3O3S. The first-order chi connectivity index (χ1) is 19.7. The van der Waals surface area contributed by atoms with Gasteiger partial charge in [0, 0.05) is 26.3 Å². The lowest BCUT2D eigenvalue weighted by Crippen LogP contribution is -2.30. The normalized spacial score (nSPS) is 11.9. The number of carbonyl (C=O) groups is 3. The van der Waals surface area contributed by atoms with E-state index in [1.165, 1.54) is 17.8 Å². The lowest BCUT2D eigenvalue weighted by atomic mass is 10.1. The van der Waals surface area contributed by atoms with E-state index in [-0.39, 0.29) is 21.9 Å². The van der Waals surface area contributed by atoms with Gasteiger partial charge in [-0.15, -0.1) is 11.8 Å². The highest BCUT2D eigenvalue weighted by atomic mass is 79.9. The topological polar surface area (TPSA) is 87.3 Å². The summed E-state index contributed by atoms with van der Waals surface area (Å²) in [6, 6.07) is 28.0. The number of carbonyl (C=O) groups excluding carboxylic acids is 3. The van der Waals surface area contributed by atoms with E-state index in [2.05, 4.69) is 31.9 Å². The standard InChI is InChI=1S/C31H24BrCl2N3O3S/c1-19(29(38)35-23-12-10-22(32)11-13-23)41-25-16-14-24(15-17-25)36-31(40)27(18-21-8-5-9-26(33)28(21)34)37-30(39)20-6-3-2-4-7-20/h2-19H,1H3,(H,35,38)(H,36,40)(H,37,39)/b27-18-. The third-order valence-electron chi connectivity index (χ3n) is 5.72. The Kier molecular flexibility index (Phi) is 10.7. The predicted octanol–water partition coefficient (Wildman–Crippen LogP) is 8.28. The molecule has 0 aliphatic rings. The highest BCUT2D eigenvalue weighted by Gasteiger charge is 2.17. The van der Waals surface area contributed by atoms with Crippen LogP contribution in [0.4, 0.5) is 11.4 Å². The Balaban J connectivity index is 1.45. The maximum atomic E-state index is 13.3. The van der Waals surface area contributed by atoms with Crippen molar-refractivity contribution in [3.8, 4) is 0 Å². The number of nitrogens with one attached hydrogen (secondary N) is 3. The van der Waals surface area contributed by atoms with Gasteiger partial charge in [0.2, 0.25) is 5.91 Å². The summed E-state index contributed by atoms with van der Waals surface area (Å²) in [6.45, 7) is 1.82. The molecule has 0 spiro atoms. The third kappa shape index (κ3) is 8.71.